The van der Waals surface area contributed by atoms with Crippen molar-refractivity contribution in [1.29, 1.82) is 0 Å². The molecule has 0 radical (unpaired) electrons. The minimum atomic E-state index is -0.349. The topological polar surface area (TPSA) is 64.4 Å². The predicted molar refractivity (Wildman–Crippen MR) is 79.2 cm³/mol. The number of nitro benzene ring substituents is 1. The second-order valence-corrected chi connectivity index (χ2v) is 5.79. The summed E-state index contributed by atoms with van der Waals surface area (Å²) in [4.78, 5) is 10.8. The van der Waals surface area contributed by atoms with Gasteiger partial charge in [0, 0.05) is 18.2 Å². The van der Waals surface area contributed by atoms with Gasteiger partial charge in [-0.2, -0.15) is 0 Å². The molecule has 5 nitrogen and oxygen atoms in total. The molecule has 2 rings (SSSR count). The number of methoxy groups -OCH3 is 1. The van der Waals surface area contributed by atoms with Crippen molar-refractivity contribution in [2.24, 2.45) is 11.8 Å². The number of ether oxygens (including phenoxy) is 1. The Kier molecular flexibility index (Phi) is 4.47. The lowest BCUT2D eigenvalue weighted by Crippen LogP contribution is -2.33. The van der Waals surface area contributed by atoms with Gasteiger partial charge in [-0.05, 0) is 37.2 Å². The van der Waals surface area contributed by atoms with Crippen molar-refractivity contribution in [2.75, 3.05) is 12.4 Å². The summed E-state index contributed by atoms with van der Waals surface area (Å²) < 4.78 is 5.16. The van der Waals surface area contributed by atoms with E-state index in [1.165, 1.54) is 12.5 Å². The molecule has 0 aromatic heterocycles. The van der Waals surface area contributed by atoms with Crippen LogP contribution in [0.2, 0.25) is 0 Å². The fourth-order valence-corrected chi connectivity index (χ4v) is 3.00. The van der Waals surface area contributed by atoms with Crippen LogP contribution in [0.15, 0.2) is 18.2 Å². The van der Waals surface area contributed by atoms with E-state index >= 15 is 0 Å². The lowest BCUT2D eigenvalue weighted by atomic mass is 9.80. The highest BCUT2D eigenvalue weighted by Gasteiger charge is 2.27. The van der Waals surface area contributed by atoms with Crippen LogP contribution in [-0.2, 0) is 0 Å². The first kappa shape index (κ1) is 14.6. The van der Waals surface area contributed by atoms with E-state index in [2.05, 4.69) is 19.2 Å². The summed E-state index contributed by atoms with van der Waals surface area (Å²) in [5, 5.41) is 14.5. The predicted octanol–water partition coefficient (Wildman–Crippen LogP) is 3.84. The van der Waals surface area contributed by atoms with Gasteiger partial charge in [0.05, 0.1) is 12.0 Å². The van der Waals surface area contributed by atoms with Crippen LogP contribution in [0.3, 0.4) is 0 Å². The molecule has 0 saturated heterocycles. The first-order chi connectivity index (χ1) is 9.51. The van der Waals surface area contributed by atoms with Gasteiger partial charge in [-0.3, -0.25) is 10.1 Å². The molecule has 1 aliphatic rings. The summed E-state index contributed by atoms with van der Waals surface area (Å²) in [6.45, 7) is 4.47. The number of hydrogen-bond donors (Lipinski definition) is 1. The van der Waals surface area contributed by atoms with Gasteiger partial charge in [0.1, 0.15) is 11.4 Å². The Bertz CT molecular complexity index is 490. The maximum Gasteiger partial charge on any atom is 0.292 e. The Morgan fingerprint density at radius 3 is 2.70 bits per heavy atom. The second kappa shape index (κ2) is 6.11. The Morgan fingerprint density at radius 2 is 2.10 bits per heavy atom. The summed E-state index contributed by atoms with van der Waals surface area (Å²) in [5.41, 5.74) is 0.664. The fourth-order valence-electron chi connectivity index (χ4n) is 3.00. The number of nitrogens with zero attached hydrogens (tertiary/aromatic N) is 1. The van der Waals surface area contributed by atoms with Gasteiger partial charge in [-0.15, -0.1) is 0 Å². The maximum atomic E-state index is 11.1. The molecule has 110 valence electrons. The monoisotopic (exact) mass is 278 g/mol. The molecule has 1 N–H and O–H groups in total. The van der Waals surface area contributed by atoms with Crippen LogP contribution in [0, 0.1) is 22.0 Å². The molecule has 0 aliphatic heterocycles. The Labute approximate surface area is 119 Å². The first-order valence-electron chi connectivity index (χ1n) is 7.10. The van der Waals surface area contributed by atoms with Crippen molar-refractivity contribution in [2.45, 2.75) is 39.2 Å². The van der Waals surface area contributed by atoms with E-state index in [-0.39, 0.29) is 16.7 Å². The van der Waals surface area contributed by atoms with Crippen molar-refractivity contribution in [3.8, 4) is 5.75 Å². The molecule has 0 bridgehead atoms. The lowest BCUT2D eigenvalue weighted by molar-refractivity contribution is -0.384. The molecular weight excluding hydrogens is 256 g/mol. The van der Waals surface area contributed by atoms with Crippen molar-refractivity contribution in [1.82, 2.24) is 0 Å². The molecule has 1 aromatic carbocycles. The van der Waals surface area contributed by atoms with Crippen LogP contribution < -0.4 is 10.1 Å². The third-order valence-electron chi connectivity index (χ3n) is 4.17. The molecule has 0 heterocycles. The van der Waals surface area contributed by atoms with Crippen molar-refractivity contribution in [3.05, 3.63) is 28.3 Å². The third kappa shape index (κ3) is 3.21. The van der Waals surface area contributed by atoms with Crippen LogP contribution in [0.1, 0.15) is 33.1 Å². The van der Waals surface area contributed by atoms with E-state index in [9.17, 15) is 10.1 Å². The van der Waals surface area contributed by atoms with E-state index in [0.717, 1.165) is 18.8 Å². The smallest absolute Gasteiger partial charge is 0.292 e. The van der Waals surface area contributed by atoms with Gasteiger partial charge in [0.25, 0.3) is 5.69 Å². The molecule has 5 heteroatoms. The molecule has 0 amide bonds. The average molecular weight is 278 g/mol. The van der Waals surface area contributed by atoms with Gasteiger partial charge < -0.3 is 10.1 Å². The molecule has 0 spiro atoms. The highest BCUT2D eigenvalue weighted by atomic mass is 16.6. The van der Waals surface area contributed by atoms with Crippen molar-refractivity contribution >= 4 is 11.4 Å². The normalized spacial score (nSPS) is 26.1. The van der Waals surface area contributed by atoms with E-state index < -0.39 is 0 Å². The van der Waals surface area contributed by atoms with Gasteiger partial charge >= 0.3 is 0 Å². The van der Waals surface area contributed by atoms with Crippen molar-refractivity contribution < 1.29 is 9.66 Å². The van der Waals surface area contributed by atoms with E-state index in [1.807, 2.05) is 0 Å². The molecule has 20 heavy (non-hydrogen) atoms. The van der Waals surface area contributed by atoms with Crippen LogP contribution >= 0.6 is 0 Å². The molecule has 1 aromatic rings. The number of nitro groups is 1. The summed E-state index contributed by atoms with van der Waals surface area (Å²) in [5.74, 6) is 1.89. The zero-order valence-electron chi connectivity index (χ0n) is 12.3. The van der Waals surface area contributed by atoms with Gasteiger partial charge in [0.2, 0.25) is 0 Å². The zero-order chi connectivity index (χ0) is 14.7. The van der Waals surface area contributed by atoms with E-state index in [1.54, 1.807) is 19.2 Å². The Hall–Kier alpha value is -1.78. The molecular formula is C15H22N2O3. The summed E-state index contributed by atoms with van der Waals surface area (Å²) in [7, 11) is 1.57. The maximum absolute atomic E-state index is 11.1. The standard InChI is InChI=1S/C15H22N2O3/c1-10-4-6-13(11(2)8-10)16-14-9-12(20-3)5-7-15(14)17(18)19/h5,7,9-11,13,16H,4,6,8H2,1-3H3. The number of hydrogen-bond acceptors (Lipinski definition) is 4. The average Bonchev–Trinajstić information content (AvgIpc) is 2.41. The molecule has 1 fully saturated rings. The minimum Gasteiger partial charge on any atom is -0.497 e. The van der Waals surface area contributed by atoms with Gasteiger partial charge in [0.15, 0.2) is 0 Å². The lowest BCUT2D eigenvalue weighted by Gasteiger charge is -2.33. The quantitative estimate of drug-likeness (QED) is 0.671. The summed E-state index contributed by atoms with van der Waals surface area (Å²) in [6, 6.07) is 5.12. The summed E-state index contributed by atoms with van der Waals surface area (Å²) in [6.07, 6.45) is 3.38. The van der Waals surface area contributed by atoms with Crippen LogP contribution in [0.4, 0.5) is 11.4 Å². The molecule has 3 unspecified atom stereocenters. The van der Waals surface area contributed by atoms with Gasteiger partial charge in [-0.1, -0.05) is 13.8 Å². The molecule has 1 saturated carbocycles. The number of benzene rings is 1. The second-order valence-electron chi connectivity index (χ2n) is 5.79. The summed E-state index contributed by atoms with van der Waals surface area (Å²) >= 11 is 0. The highest BCUT2D eigenvalue weighted by molar-refractivity contribution is 5.64. The SMILES string of the molecule is COc1ccc([N+](=O)[O-])c(NC2CCC(C)CC2C)c1. The van der Waals surface area contributed by atoms with Gasteiger partial charge in [-0.25, -0.2) is 0 Å². The minimum absolute atomic E-state index is 0.108. The fraction of sp³-hybridized carbons (Fsp3) is 0.600. The third-order valence-corrected chi connectivity index (χ3v) is 4.17. The van der Waals surface area contributed by atoms with E-state index in [0.29, 0.717) is 17.4 Å². The van der Waals surface area contributed by atoms with Crippen LogP contribution in [-0.4, -0.2) is 18.1 Å². The number of nitrogens with one attached hydrogen (secondary N) is 1. The molecule has 1 aliphatic carbocycles. The number of anilines is 1. The Balaban J connectivity index is 2.20. The number of rotatable bonds is 4. The van der Waals surface area contributed by atoms with Crippen LogP contribution in [0.25, 0.3) is 0 Å². The first-order valence-corrected chi connectivity index (χ1v) is 7.10. The highest BCUT2D eigenvalue weighted by Crippen LogP contribution is 2.34. The Morgan fingerprint density at radius 1 is 1.35 bits per heavy atom. The van der Waals surface area contributed by atoms with E-state index in [4.69, 9.17) is 4.74 Å². The van der Waals surface area contributed by atoms with Crippen molar-refractivity contribution in [3.63, 3.8) is 0 Å². The zero-order valence-corrected chi connectivity index (χ0v) is 12.3. The molecule has 3 atom stereocenters. The van der Waals surface area contributed by atoms with Crippen LogP contribution in [0.5, 0.6) is 5.75 Å². The largest absolute Gasteiger partial charge is 0.497 e.